The molecule has 0 aromatic heterocycles. The first-order chi connectivity index (χ1) is 5.59. The number of aromatic hydroxyl groups is 1. The summed E-state index contributed by atoms with van der Waals surface area (Å²) in [5.41, 5.74) is 1.87. The molecule has 0 amide bonds. The minimum Gasteiger partial charge on any atom is -0.506 e. The molecule has 0 spiro atoms. The third kappa shape index (κ3) is 2.16. The Morgan fingerprint density at radius 2 is 2.00 bits per heavy atom. The van der Waals surface area contributed by atoms with Crippen LogP contribution in [0, 0.1) is 6.92 Å². The van der Waals surface area contributed by atoms with E-state index in [4.69, 9.17) is 0 Å². The zero-order valence-corrected chi connectivity index (χ0v) is 7.76. The van der Waals surface area contributed by atoms with Gasteiger partial charge in [-0.25, -0.2) is 0 Å². The van der Waals surface area contributed by atoms with E-state index >= 15 is 0 Å². The summed E-state index contributed by atoms with van der Waals surface area (Å²) in [7, 11) is 0. The predicted molar refractivity (Wildman–Crippen MR) is 51.6 cm³/mol. The molecule has 0 bridgehead atoms. The molecule has 0 unspecified atom stereocenters. The Hall–Kier alpha value is -1.18. The van der Waals surface area contributed by atoms with Crippen molar-refractivity contribution >= 4 is 5.69 Å². The van der Waals surface area contributed by atoms with Gasteiger partial charge in [0.05, 0.1) is 5.69 Å². The molecule has 1 aromatic rings. The van der Waals surface area contributed by atoms with Crippen LogP contribution in [0.2, 0.25) is 0 Å². The number of nitrogens with one attached hydrogen (secondary N) is 1. The summed E-state index contributed by atoms with van der Waals surface area (Å²) in [5, 5.41) is 12.6. The quantitative estimate of drug-likeness (QED) is 0.660. The Labute approximate surface area is 73.2 Å². The van der Waals surface area contributed by atoms with Crippen molar-refractivity contribution in [3.8, 4) is 5.75 Å². The van der Waals surface area contributed by atoms with Gasteiger partial charge in [-0.15, -0.1) is 0 Å². The van der Waals surface area contributed by atoms with Crippen LogP contribution >= 0.6 is 0 Å². The molecule has 0 atom stereocenters. The van der Waals surface area contributed by atoms with Crippen LogP contribution in [0.3, 0.4) is 0 Å². The van der Waals surface area contributed by atoms with Gasteiger partial charge < -0.3 is 10.4 Å². The normalized spacial score (nSPS) is 10.3. The zero-order chi connectivity index (χ0) is 9.14. The second-order valence-electron chi connectivity index (χ2n) is 3.32. The van der Waals surface area contributed by atoms with E-state index in [0.717, 1.165) is 11.3 Å². The molecular weight excluding hydrogens is 150 g/mol. The van der Waals surface area contributed by atoms with Crippen LogP contribution in [0.5, 0.6) is 5.75 Å². The molecule has 0 aliphatic heterocycles. The number of benzene rings is 1. The van der Waals surface area contributed by atoms with Crippen LogP contribution in [-0.2, 0) is 0 Å². The number of aryl methyl sites for hydroxylation is 1. The van der Waals surface area contributed by atoms with Crippen LogP contribution in [0.15, 0.2) is 18.2 Å². The Morgan fingerprint density at radius 3 is 2.50 bits per heavy atom. The maximum atomic E-state index is 9.48. The van der Waals surface area contributed by atoms with Gasteiger partial charge in [-0.2, -0.15) is 0 Å². The van der Waals surface area contributed by atoms with Gasteiger partial charge >= 0.3 is 0 Å². The van der Waals surface area contributed by atoms with Crippen molar-refractivity contribution in [1.82, 2.24) is 0 Å². The van der Waals surface area contributed by atoms with Crippen LogP contribution in [0.25, 0.3) is 0 Å². The van der Waals surface area contributed by atoms with E-state index in [2.05, 4.69) is 5.32 Å². The molecule has 0 aliphatic carbocycles. The van der Waals surface area contributed by atoms with Crippen LogP contribution < -0.4 is 5.32 Å². The molecule has 0 saturated heterocycles. The van der Waals surface area contributed by atoms with Gasteiger partial charge in [0.2, 0.25) is 0 Å². The van der Waals surface area contributed by atoms with E-state index in [9.17, 15) is 5.11 Å². The smallest absolute Gasteiger partial charge is 0.138 e. The van der Waals surface area contributed by atoms with Crippen LogP contribution in [-0.4, -0.2) is 11.1 Å². The van der Waals surface area contributed by atoms with Gasteiger partial charge in [0, 0.05) is 6.04 Å². The summed E-state index contributed by atoms with van der Waals surface area (Å²) in [4.78, 5) is 0. The summed E-state index contributed by atoms with van der Waals surface area (Å²) in [6.45, 7) is 6.04. The monoisotopic (exact) mass is 165 g/mol. The van der Waals surface area contributed by atoms with Gasteiger partial charge in [0.25, 0.3) is 0 Å². The van der Waals surface area contributed by atoms with Gasteiger partial charge in [0.1, 0.15) is 5.75 Å². The van der Waals surface area contributed by atoms with Gasteiger partial charge in [-0.05, 0) is 38.5 Å². The lowest BCUT2D eigenvalue weighted by atomic mass is 10.2. The van der Waals surface area contributed by atoms with E-state index < -0.39 is 0 Å². The summed E-state index contributed by atoms with van der Waals surface area (Å²) < 4.78 is 0. The fraction of sp³-hybridized carbons (Fsp3) is 0.400. The predicted octanol–water partition coefficient (Wildman–Crippen LogP) is 2.52. The number of phenols is 1. The summed E-state index contributed by atoms with van der Waals surface area (Å²) in [6, 6.07) is 5.97. The average Bonchev–Trinajstić information content (AvgIpc) is 1.94. The molecule has 0 radical (unpaired) electrons. The standard InChI is InChI=1S/C10H15NO/c1-7(2)11-9-5-4-8(3)6-10(9)12/h4-7,11-12H,1-3H3. The molecule has 12 heavy (non-hydrogen) atoms. The second-order valence-corrected chi connectivity index (χ2v) is 3.32. The second kappa shape index (κ2) is 3.48. The van der Waals surface area contributed by atoms with Crippen molar-refractivity contribution in [3.63, 3.8) is 0 Å². The zero-order valence-electron chi connectivity index (χ0n) is 7.76. The third-order valence-electron chi connectivity index (χ3n) is 1.60. The van der Waals surface area contributed by atoms with Gasteiger partial charge in [-0.3, -0.25) is 0 Å². The third-order valence-corrected chi connectivity index (χ3v) is 1.60. The number of phenolic OH excluding ortho intramolecular Hbond substituents is 1. The first-order valence-corrected chi connectivity index (χ1v) is 4.16. The van der Waals surface area contributed by atoms with E-state index in [1.165, 1.54) is 0 Å². The SMILES string of the molecule is Cc1ccc(NC(C)C)c(O)c1. The largest absolute Gasteiger partial charge is 0.506 e. The molecule has 0 aliphatic rings. The Bertz CT molecular complexity index is 269. The summed E-state index contributed by atoms with van der Waals surface area (Å²) in [6.07, 6.45) is 0. The molecule has 2 heteroatoms. The molecule has 2 N–H and O–H groups in total. The fourth-order valence-electron chi connectivity index (χ4n) is 1.07. The summed E-state index contributed by atoms with van der Waals surface area (Å²) >= 11 is 0. The van der Waals surface area contributed by atoms with E-state index in [1.54, 1.807) is 6.07 Å². The molecule has 0 heterocycles. The highest BCUT2D eigenvalue weighted by Crippen LogP contribution is 2.24. The lowest BCUT2D eigenvalue weighted by Crippen LogP contribution is -2.09. The van der Waals surface area contributed by atoms with Crippen molar-refractivity contribution in [3.05, 3.63) is 23.8 Å². The van der Waals surface area contributed by atoms with E-state index in [1.807, 2.05) is 32.9 Å². The van der Waals surface area contributed by atoms with Crippen molar-refractivity contribution in [1.29, 1.82) is 0 Å². The highest BCUT2D eigenvalue weighted by Gasteiger charge is 2.00. The van der Waals surface area contributed by atoms with E-state index in [-0.39, 0.29) is 0 Å². The van der Waals surface area contributed by atoms with Crippen molar-refractivity contribution in [2.24, 2.45) is 0 Å². The Kier molecular flexibility index (Phi) is 2.58. The minimum atomic E-state index is 0.323. The van der Waals surface area contributed by atoms with Crippen LogP contribution in [0.1, 0.15) is 19.4 Å². The Balaban J connectivity index is 2.86. The van der Waals surface area contributed by atoms with E-state index in [0.29, 0.717) is 11.8 Å². The molecule has 1 aromatic carbocycles. The lowest BCUT2D eigenvalue weighted by molar-refractivity contribution is 0.476. The first kappa shape index (κ1) is 8.91. The minimum absolute atomic E-state index is 0.323. The average molecular weight is 165 g/mol. The number of hydrogen-bond acceptors (Lipinski definition) is 2. The maximum absolute atomic E-state index is 9.48. The molecular formula is C10H15NO. The summed E-state index contributed by atoms with van der Waals surface area (Å²) in [5.74, 6) is 0.323. The number of anilines is 1. The van der Waals surface area contributed by atoms with Crippen LogP contribution in [0.4, 0.5) is 5.69 Å². The highest BCUT2D eigenvalue weighted by molar-refractivity contribution is 5.57. The molecule has 0 fully saturated rings. The topological polar surface area (TPSA) is 32.3 Å². The fourth-order valence-corrected chi connectivity index (χ4v) is 1.07. The Morgan fingerprint density at radius 1 is 1.33 bits per heavy atom. The van der Waals surface area contributed by atoms with Gasteiger partial charge in [0.15, 0.2) is 0 Å². The lowest BCUT2D eigenvalue weighted by Gasteiger charge is -2.11. The molecule has 1 rings (SSSR count). The van der Waals surface area contributed by atoms with Crippen molar-refractivity contribution < 1.29 is 5.11 Å². The maximum Gasteiger partial charge on any atom is 0.138 e. The highest BCUT2D eigenvalue weighted by atomic mass is 16.3. The van der Waals surface area contributed by atoms with Gasteiger partial charge in [-0.1, -0.05) is 6.07 Å². The molecule has 66 valence electrons. The first-order valence-electron chi connectivity index (χ1n) is 4.16. The molecule has 0 saturated carbocycles. The number of hydrogen-bond donors (Lipinski definition) is 2. The number of rotatable bonds is 2. The van der Waals surface area contributed by atoms with Crippen molar-refractivity contribution in [2.45, 2.75) is 26.8 Å². The van der Waals surface area contributed by atoms with Crippen molar-refractivity contribution in [2.75, 3.05) is 5.32 Å². The molecule has 2 nitrogen and oxygen atoms in total.